The fourth-order valence-electron chi connectivity index (χ4n) is 1.72. The van der Waals surface area contributed by atoms with E-state index < -0.39 is 11.2 Å². The molecule has 1 N–H and O–H groups in total. The molecule has 1 heterocycles. The van der Waals surface area contributed by atoms with Gasteiger partial charge in [-0.15, -0.1) is 0 Å². The van der Waals surface area contributed by atoms with Crippen LogP contribution in [0.5, 0.6) is 0 Å². The maximum absolute atomic E-state index is 14.0. The molecule has 5 heteroatoms. The van der Waals surface area contributed by atoms with E-state index in [1.165, 1.54) is 18.3 Å². The van der Waals surface area contributed by atoms with Gasteiger partial charge in [-0.25, -0.2) is 4.39 Å². The summed E-state index contributed by atoms with van der Waals surface area (Å²) >= 11 is 3.36. The number of rotatable bonds is 2. The van der Waals surface area contributed by atoms with Crippen LogP contribution in [0, 0.1) is 11.2 Å². The van der Waals surface area contributed by atoms with Crippen molar-refractivity contribution < 1.29 is 9.18 Å². The number of halogens is 2. The van der Waals surface area contributed by atoms with Crippen LogP contribution < -0.4 is 5.32 Å². The van der Waals surface area contributed by atoms with E-state index in [1.807, 2.05) is 20.8 Å². The van der Waals surface area contributed by atoms with Gasteiger partial charge in [0.2, 0.25) is 5.91 Å². The maximum atomic E-state index is 14.0. The summed E-state index contributed by atoms with van der Waals surface area (Å²) in [6, 6.07) is 8.15. The second kappa shape index (κ2) is 5.93. The third-order valence-corrected chi connectivity index (χ3v) is 3.42. The Morgan fingerprint density at radius 2 is 2.00 bits per heavy atom. The lowest BCUT2D eigenvalue weighted by atomic mass is 9.95. The Bertz CT molecular complexity index is 680. The number of nitrogens with zero attached hydrogens (tertiary/aromatic N) is 1. The van der Waals surface area contributed by atoms with Crippen LogP contribution in [0.25, 0.3) is 11.3 Å². The van der Waals surface area contributed by atoms with Crippen LogP contribution in [0.4, 0.5) is 10.1 Å². The molecule has 0 saturated carbocycles. The predicted molar refractivity (Wildman–Crippen MR) is 85.4 cm³/mol. The lowest BCUT2D eigenvalue weighted by Crippen LogP contribution is -2.27. The average Bonchev–Trinajstić information content (AvgIpc) is 2.40. The van der Waals surface area contributed by atoms with E-state index >= 15 is 0 Å². The first kappa shape index (κ1) is 15.6. The van der Waals surface area contributed by atoms with E-state index in [9.17, 15) is 9.18 Å². The number of nitrogens with one attached hydrogen (secondary N) is 1. The monoisotopic (exact) mass is 350 g/mol. The van der Waals surface area contributed by atoms with Crippen molar-refractivity contribution in [1.82, 2.24) is 4.98 Å². The number of pyridine rings is 1. The number of hydrogen-bond acceptors (Lipinski definition) is 2. The number of hydrogen-bond donors (Lipinski definition) is 1. The minimum atomic E-state index is -0.535. The van der Waals surface area contributed by atoms with Crippen LogP contribution in [0.2, 0.25) is 0 Å². The summed E-state index contributed by atoms with van der Waals surface area (Å²) in [5.41, 5.74) is 0.756. The van der Waals surface area contributed by atoms with Gasteiger partial charge >= 0.3 is 0 Å². The average molecular weight is 351 g/mol. The predicted octanol–water partition coefficient (Wildman–Crippen LogP) is 4.63. The van der Waals surface area contributed by atoms with Crippen LogP contribution >= 0.6 is 15.9 Å². The Kier molecular flexibility index (Phi) is 4.42. The van der Waals surface area contributed by atoms with Gasteiger partial charge in [-0.1, -0.05) is 36.7 Å². The summed E-state index contributed by atoms with van der Waals surface area (Å²) in [7, 11) is 0. The van der Waals surface area contributed by atoms with E-state index in [2.05, 4.69) is 26.2 Å². The molecule has 0 unspecified atom stereocenters. The molecule has 0 bridgehead atoms. The van der Waals surface area contributed by atoms with Crippen LogP contribution in [0.3, 0.4) is 0 Å². The van der Waals surface area contributed by atoms with Gasteiger partial charge in [0.15, 0.2) is 0 Å². The van der Waals surface area contributed by atoms with Gasteiger partial charge in [0.25, 0.3) is 0 Å². The number of carbonyl (C=O) groups excluding carboxylic acids is 1. The zero-order chi connectivity index (χ0) is 15.6. The fourth-order valence-corrected chi connectivity index (χ4v) is 2.08. The van der Waals surface area contributed by atoms with Crippen LogP contribution in [-0.2, 0) is 4.79 Å². The Balaban J connectivity index is 2.49. The first-order valence-electron chi connectivity index (χ1n) is 6.51. The van der Waals surface area contributed by atoms with Crippen molar-refractivity contribution in [3.05, 3.63) is 46.8 Å². The molecule has 1 amide bonds. The van der Waals surface area contributed by atoms with E-state index in [4.69, 9.17) is 0 Å². The van der Waals surface area contributed by atoms with Gasteiger partial charge in [-0.05, 0) is 30.3 Å². The molecule has 0 radical (unpaired) electrons. The largest absolute Gasteiger partial charge is 0.325 e. The van der Waals surface area contributed by atoms with Gasteiger partial charge < -0.3 is 5.32 Å². The summed E-state index contributed by atoms with van der Waals surface area (Å²) < 4.78 is 14.8. The number of aromatic nitrogens is 1. The van der Waals surface area contributed by atoms with Crippen molar-refractivity contribution in [1.29, 1.82) is 0 Å². The number of benzene rings is 1. The van der Waals surface area contributed by atoms with E-state index in [-0.39, 0.29) is 11.6 Å². The van der Waals surface area contributed by atoms with Gasteiger partial charge in [0.05, 0.1) is 5.69 Å². The molecule has 0 atom stereocenters. The van der Waals surface area contributed by atoms with Crippen molar-refractivity contribution in [2.45, 2.75) is 20.8 Å². The van der Waals surface area contributed by atoms with Crippen LogP contribution in [0.15, 0.2) is 41.0 Å². The van der Waals surface area contributed by atoms with E-state index in [1.54, 1.807) is 18.2 Å². The normalized spacial score (nSPS) is 11.3. The highest BCUT2D eigenvalue weighted by Crippen LogP contribution is 2.32. The zero-order valence-corrected chi connectivity index (χ0v) is 13.7. The van der Waals surface area contributed by atoms with Crippen molar-refractivity contribution >= 4 is 27.5 Å². The van der Waals surface area contributed by atoms with Gasteiger partial charge in [0.1, 0.15) is 11.5 Å². The third kappa shape index (κ3) is 3.67. The molecule has 0 aliphatic heterocycles. The maximum Gasteiger partial charge on any atom is 0.229 e. The van der Waals surface area contributed by atoms with E-state index in [0.717, 1.165) is 4.47 Å². The number of amides is 1. The van der Waals surface area contributed by atoms with Crippen LogP contribution in [-0.4, -0.2) is 10.9 Å². The Hall–Kier alpha value is -1.75. The molecule has 0 spiro atoms. The minimum Gasteiger partial charge on any atom is -0.325 e. The van der Waals surface area contributed by atoms with Crippen molar-refractivity contribution in [2.24, 2.45) is 5.41 Å². The molecule has 1 aromatic carbocycles. The van der Waals surface area contributed by atoms with Gasteiger partial charge in [-0.2, -0.15) is 0 Å². The summed E-state index contributed by atoms with van der Waals surface area (Å²) in [5, 5.41) is 2.84. The standard InChI is InChI=1S/C16H16BrFN2O/c1-16(2,3)15(21)20-13-7-6-10(17)9-11(13)14-12(18)5-4-8-19-14/h4-9H,1-3H3,(H,20,21). The highest BCUT2D eigenvalue weighted by atomic mass is 79.9. The first-order chi connectivity index (χ1) is 9.79. The highest BCUT2D eigenvalue weighted by molar-refractivity contribution is 9.10. The molecule has 0 fully saturated rings. The molecule has 3 nitrogen and oxygen atoms in total. The summed E-state index contributed by atoms with van der Waals surface area (Å²) in [4.78, 5) is 16.2. The molecule has 1 aromatic heterocycles. The molecule has 110 valence electrons. The quantitative estimate of drug-likeness (QED) is 0.857. The Morgan fingerprint density at radius 1 is 1.29 bits per heavy atom. The molecule has 0 saturated heterocycles. The summed E-state index contributed by atoms with van der Waals surface area (Å²) in [6.07, 6.45) is 1.52. The molecular weight excluding hydrogens is 335 g/mol. The Morgan fingerprint density at radius 3 is 2.62 bits per heavy atom. The molecule has 0 aliphatic rings. The zero-order valence-electron chi connectivity index (χ0n) is 12.1. The van der Waals surface area contributed by atoms with Crippen molar-refractivity contribution in [3.63, 3.8) is 0 Å². The van der Waals surface area contributed by atoms with Gasteiger partial charge in [-0.3, -0.25) is 9.78 Å². The number of carbonyl (C=O) groups is 1. The molecule has 2 rings (SSSR count). The SMILES string of the molecule is CC(C)(C)C(=O)Nc1ccc(Br)cc1-c1ncccc1F. The second-order valence-electron chi connectivity index (χ2n) is 5.73. The smallest absolute Gasteiger partial charge is 0.229 e. The summed E-state index contributed by atoms with van der Waals surface area (Å²) in [6.45, 7) is 5.46. The topological polar surface area (TPSA) is 42.0 Å². The Labute approximate surface area is 131 Å². The molecule has 0 aliphatic carbocycles. The van der Waals surface area contributed by atoms with Crippen molar-refractivity contribution in [2.75, 3.05) is 5.32 Å². The van der Waals surface area contributed by atoms with Gasteiger partial charge in [0, 0.05) is 21.6 Å². The number of anilines is 1. The summed E-state index contributed by atoms with van der Waals surface area (Å²) in [5.74, 6) is -0.565. The third-order valence-electron chi connectivity index (χ3n) is 2.92. The first-order valence-corrected chi connectivity index (χ1v) is 7.30. The molecule has 21 heavy (non-hydrogen) atoms. The second-order valence-corrected chi connectivity index (χ2v) is 6.64. The molecular formula is C16H16BrFN2O. The van der Waals surface area contributed by atoms with E-state index in [0.29, 0.717) is 11.3 Å². The minimum absolute atomic E-state index is 0.137. The highest BCUT2D eigenvalue weighted by Gasteiger charge is 2.23. The molecule has 2 aromatic rings. The van der Waals surface area contributed by atoms with Crippen LogP contribution in [0.1, 0.15) is 20.8 Å². The lowest BCUT2D eigenvalue weighted by molar-refractivity contribution is -0.123. The fraction of sp³-hybridized carbons (Fsp3) is 0.250. The lowest BCUT2D eigenvalue weighted by Gasteiger charge is -2.19. The van der Waals surface area contributed by atoms with Crippen molar-refractivity contribution in [3.8, 4) is 11.3 Å².